The van der Waals surface area contributed by atoms with Crippen molar-refractivity contribution >= 4 is 33.2 Å². The molecule has 0 radical (unpaired) electrons. The van der Waals surface area contributed by atoms with Crippen LogP contribution in [0.2, 0.25) is 0 Å². The summed E-state index contributed by atoms with van der Waals surface area (Å²) in [5, 5.41) is 7.09. The number of carbonyl (C=O) groups excluding carboxylic acids is 1. The molecule has 1 aromatic carbocycles. The summed E-state index contributed by atoms with van der Waals surface area (Å²) in [6.07, 6.45) is 4.66. The van der Waals surface area contributed by atoms with E-state index in [1.165, 1.54) is 0 Å². The molecular weight excluding hydrogens is 412 g/mol. The van der Waals surface area contributed by atoms with Gasteiger partial charge in [0.05, 0.1) is 7.11 Å². The summed E-state index contributed by atoms with van der Waals surface area (Å²) in [6.45, 7) is 0.472. The van der Waals surface area contributed by atoms with Gasteiger partial charge in [0.1, 0.15) is 5.75 Å². The molecule has 1 amide bonds. The highest BCUT2D eigenvalue weighted by atomic mass is 79.9. The van der Waals surface area contributed by atoms with Crippen LogP contribution >= 0.6 is 27.3 Å². The van der Waals surface area contributed by atoms with E-state index < -0.39 is 0 Å². The molecule has 0 aliphatic heterocycles. The molecule has 3 aromatic rings. The molecule has 2 heterocycles. The van der Waals surface area contributed by atoms with Gasteiger partial charge in [-0.05, 0) is 64.2 Å². The average Bonchev–Trinajstić information content (AvgIpc) is 3.20. The van der Waals surface area contributed by atoms with Gasteiger partial charge in [-0.3, -0.25) is 9.78 Å². The van der Waals surface area contributed by atoms with E-state index in [0.717, 1.165) is 32.5 Å². The highest BCUT2D eigenvalue weighted by molar-refractivity contribution is 9.10. The maximum Gasteiger partial charge on any atom is 0.220 e. The summed E-state index contributed by atoms with van der Waals surface area (Å²) in [4.78, 5) is 16.5. The van der Waals surface area contributed by atoms with Gasteiger partial charge in [-0.2, -0.15) is 11.3 Å². The number of pyridine rings is 1. The Balaban J connectivity index is 1.55. The van der Waals surface area contributed by atoms with Crippen molar-refractivity contribution in [3.05, 3.63) is 69.1 Å². The van der Waals surface area contributed by atoms with Gasteiger partial charge >= 0.3 is 0 Å². The summed E-state index contributed by atoms with van der Waals surface area (Å²) in [7, 11) is 1.64. The number of methoxy groups -OCH3 is 1. The molecule has 1 N–H and O–H groups in total. The van der Waals surface area contributed by atoms with Crippen molar-refractivity contribution in [3.63, 3.8) is 0 Å². The third-order valence-corrected chi connectivity index (χ3v) is 5.18. The Hall–Kier alpha value is -2.18. The zero-order valence-corrected chi connectivity index (χ0v) is 16.8. The van der Waals surface area contributed by atoms with Crippen LogP contribution in [0, 0.1) is 0 Å². The van der Waals surface area contributed by atoms with Gasteiger partial charge in [-0.1, -0.05) is 15.9 Å². The molecule has 0 aliphatic rings. The Bertz CT molecular complexity index is 881. The molecule has 6 heteroatoms. The molecule has 3 rings (SSSR count). The SMILES string of the molecule is COc1ccc(Br)cc1CCC(=O)NCc1cncc(-c2ccsc2)c1. The highest BCUT2D eigenvalue weighted by Crippen LogP contribution is 2.24. The number of thiophene rings is 1. The van der Waals surface area contributed by atoms with Crippen LogP contribution in [-0.2, 0) is 17.8 Å². The fraction of sp³-hybridized carbons (Fsp3) is 0.200. The van der Waals surface area contributed by atoms with E-state index in [0.29, 0.717) is 19.4 Å². The Labute approximate surface area is 165 Å². The lowest BCUT2D eigenvalue weighted by Gasteiger charge is -2.10. The Morgan fingerprint density at radius 1 is 1.23 bits per heavy atom. The number of hydrogen-bond donors (Lipinski definition) is 1. The molecule has 2 aromatic heterocycles. The van der Waals surface area contributed by atoms with E-state index in [1.807, 2.05) is 29.8 Å². The first-order chi connectivity index (χ1) is 12.7. The normalized spacial score (nSPS) is 10.5. The van der Waals surface area contributed by atoms with E-state index in [-0.39, 0.29) is 5.91 Å². The van der Waals surface area contributed by atoms with Gasteiger partial charge in [-0.25, -0.2) is 0 Å². The average molecular weight is 431 g/mol. The fourth-order valence-electron chi connectivity index (χ4n) is 2.65. The maximum absolute atomic E-state index is 12.2. The monoisotopic (exact) mass is 430 g/mol. The summed E-state index contributed by atoms with van der Waals surface area (Å²) in [5.74, 6) is 0.807. The number of nitrogens with one attached hydrogen (secondary N) is 1. The number of ether oxygens (including phenoxy) is 1. The highest BCUT2D eigenvalue weighted by Gasteiger charge is 2.08. The minimum absolute atomic E-state index is 0.00737. The van der Waals surface area contributed by atoms with Crippen molar-refractivity contribution in [3.8, 4) is 16.9 Å². The van der Waals surface area contributed by atoms with Crippen LogP contribution in [0.4, 0.5) is 0 Å². The third kappa shape index (κ3) is 4.93. The summed E-state index contributed by atoms with van der Waals surface area (Å²) >= 11 is 5.11. The number of nitrogens with zero attached hydrogens (tertiary/aromatic N) is 1. The van der Waals surface area contributed by atoms with Gasteiger partial charge in [0.2, 0.25) is 5.91 Å². The first-order valence-electron chi connectivity index (χ1n) is 8.21. The first-order valence-corrected chi connectivity index (χ1v) is 9.95. The van der Waals surface area contributed by atoms with Gasteiger partial charge in [0.15, 0.2) is 0 Å². The molecule has 4 nitrogen and oxygen atoms in total. The summed E-state index contributed by atoms with van der Waals surface area (Å²) < 4.78 is 6.33. The number of halogens is 1. The number of carbonyl (C=O) groups is 1. The summed E-state index contributed by atoms with van der Waals surface area (Å²) in [5.41, 5.74) is 4.22. The standard InChI is InChI=1S/C20H19BrN2O2S/c1-25-19-4-3-18(21)9-15(19)2-5-20(24)23-11-14-8-17(12-22-10-14)16-6-7-26-13-16/h3-4,6-10,12-13H,2,5,11H2,1H3,(H,23,24). The molecule has 0 unspecified atom stereocenters. The van der Waals surface area contributed by atoms with Crippen molar-refractivity contribution < 1.29 is 9.53 Å². The zero-order chi connectivity index (χ0) is 18.4. The second-order valence-electron chi connectivity index (χ2n) is 5.83. The molecule has 0 spiro atoms. The van der Waals surface area contributed by atoms with Gasteiger partial charge in [0, 0.05) is 35.4 Å². The Morgan fingerprint density at radius 3 is 2.88 bits per heavy atom. The van der Waals surface area contributed by atoms with Crippen LogP contribution < -0.4 is 10.1 Å². The van der Waals surface area contributed by atoms with E-state index in [2.05, 4.69) is 43.7 Å². The van der Waals surface area contributed by atoms with Gasteiger partial charge in [0.25, 0.3) is 0 Å². The minimum atomic E-state index is 0.00737. The Morgan fingerprint density at radius 2 is 2.12 bits per heavy atom. The molecule has 0 atom stereocenters. The van der Waals surface area contributed by atoms with Crippen LogP contribution in [0.15, 0.2) is 58.0 Å². The third-order valence-electron chi connectivity index (χ3n) is 4.00. The van der Waals surface area contributed by atoms with Gasteiger partial charge < -0.3 is 10.1 Å². The number of hydrogen-bond acceptors (Lipinski definition) is 4. The van der Waals surface area contributed by atoms with Crippen LogP contribution in [-0.4, -0.2) is 18.0 Å². The van der Waals surface area contributed by atoms with E-state index in [4.69, 9.17) is 4.74 Å². The van der Waals surface area contributed by atoms with Crippen molar-refractivity contribution in [2.45, 2.75) is 19.4 Å². The van der Waals surface area contributed by atoms with E-state index in [9.17, 15) is 4.79 Å². The predicted octanol–water partition coefficient (Wildman–Crippen LogP) is 4.83. The maximum atomic E-state index is 12.2. The van der Waals surface area contributed by atoms with Crippen molar-refractivity contribution in [1.82, 2.24) is 10.3 Å². The number of aryl methyl sites for hydroxylation is 1. The van der Waals surface area contributed by atoms with Crippen LogP contribution in [0.3, 0.4) is 0 Å². The topological polar surface area (TPSA) is 51.2 Å². The van der Waals surface area contributed by atoms with Crippen molar-refractivity contribution in [2.24, 2.45) is 0 Å². The molecule has 0 fully saturated rings. The van der Waals surface area contributed by atoms with Gasteiger partial charge in [-0.15, -0.1) is 0 Å². The molecular formula is C20H19BrN2O2S. The lowest BCUT2D eigenvalue weighted by Crippen LogP contribution is -2.23. The molecule has 0 saturated heterocycles. The second kappa shape index (κ2) is 8.96. The zero-order valence-electron chi connectivity index (χ0n) is 14.4. The van der Waals surface area contributed by atoms with E-state index >= 15 is 0 Å². The predicted molar refractivity (Wildman–Crippen MR) is 108 cm³/mol. The lowest BCUT2D eigenvalue weighted by atomic mass is 10.1. The van der Waals surface area contributed by atoms with E-state index in [1.54, 1.807) is 24.6 Å². The van der Waals surface area contributed by atoms with Crippen molar-refractivity contribution in [2.75, 3.05) is 7.11 Å². The second-order valence-corrected chi connectivity index (χ2v) is 7.52. The number of aromatic nitrogens is 1. The Kier molecular flexibility index (Phi) is 6.41. The first kappa shape index (κ1) is 18.6. The quantitative estimate of drug-likeness (QED) is 0.583. The number of benzene rings is 1. The molecule has 0 saturated carbocycles. The number of amides is 1. The molecule has 134 valence electrons. The van der Waals surface area contributed by atoms with Crippen LogP contribution in [0.5, 0.6) is 5.75 Å². The smallest absolute Gasteiger partial charge is 0.220 e. The largest absolute Gasteiger partial charge is 0.496 e. The minimum Gasteiger partial charge on any atom is -0.496 e. The molecule has 0 aliphatic carbocycles. The molecule has 0 bridgehead atoms. The van der Waals surface area contributed by atoms with Crippen LogP contribution in [0.1, 0.15) is 17.5 Å². The molecule has 26 heavy (non-hydrogen) atoms. The summed E-state index contributed by atoms with van der Waals surface area (Å²) in [6, 6.07) is 9.94. The van der Waals surface area contributed by atoms with Crippen molar-refractivity contribution in [1.29, 1.82) is 0 Å². The fourth-order valence-corrected chi connectivity index (χ4v) is 3.72. The van der Waals surface area contributed by atoms with Crippen LogP contribution in [0.25, 0.3) is 11.1 Å². The number of rotatable bonds is 7. The lowest BCUT2D eigenvalue weighted by molar-refractivity contribution is -0.121.